The highest BCUT2D eigenvalue weighted by molar-refractivity contribution is 8.01. The van der Waals surface area contributed by atoms with Crippen molar-refractivity contribution in [2.75, 3.05) is 22.0 Å². The minimum atomic E-state index is -3.39. The number of aromatic nitrogens is 1. The van der Waals surface area contributed by atoms with E-state index in [0.29, 0.717) is 17.3 Å². The maximum Gasteiger partial charge on any atom is 0.234 e. The Morgan fingerprint density at radius 1 is 1.15 bits per heavy atom. The number of hydrogen-bond acceptors (Lipinski definition) is 5. The van der Waals surface area contributed by atoms with Crippen LogP contribution in [-0.2, 0) is 10.0 Å². The van der Waals surface area contributed by atoms with Crippen LogP contribution in [0.3, 0.4) is 0 Å². The van der Waals surface area contributed by atoms with Crippen molar-refractivity contribution in [3.05, 3.63) is 48.7 Å². The molecule has 0 aliphatic carbocycles. The first-order valence-corrected chi connectivity index (χ1v) is 8.59. The highest BCUT2D eigenvalue weighted by atomic mass is 32.2. The average Bonchev–Trinajstić information content (AvgIpc) is 2.41. The molecule has 0 aliphatic heterocycles. The fraction of sp³-hybridized carbons (Fsp3) is 0.154. The number of anilines is 2. The summed E-state index contributed by atoms with van der Waals surface area (Å²) in [4.78, 5) is 4.82. The lowest BCUT2D eigenvalue weighted by Crippen LogP contribution is -2.18. The Morgan fingerprint density at radius 3 is 2.60 bits per heavy atom. The third-order valence-electron chi connectivity index (χ3n) is 2.45. The van der Waals surface area contributed by atoms with E-state index >= 15 is 0 Å². The van der Waals surface area contributed by atoms with Gasteiger partial charge in [0.15, 0.2) is 0 Å². The molecular weight excluding hydrogens is 294 g/mol. The molecule has 0 atom stereocenters. The number of pyridine rings is 1. The second kappa shape index (κ2) is 6.62. The summed E-state index contributed by atoms with van der Waals surface area (Å²) in [5.41, 5.74) is 6.46. The fourth-order valence-corrected chi connectivity index (χ4v) is 3.89. The van der Waals surface area contributed by atoms with Gasteiger partial charge in [0.1, 0.15) is 5.82 Å². The molecule has 1 aromatic carbocycles. The summed E-state index contributed by atoms with van der Waals surface area (Å²) < 4.78 is 26.2. The molecule has 1 heterocycles. The first-order valence-electron chi connectivity index (χ1n) is 5.96. The summed E-state index contributed by atoms with van der Waals surface area (Å²) in [5.74, 6) is 0.760. The Morgan fingerprint density at radius 2 is 1.90 bits per heavy atom. The first kappa shape index (κ1) is 14.7. The highest BCUT2D eigenvalue weighted by Crippen LogP contribution is 2.24. The van der Waals surface area contributed by atoms with E-state index in [1.54, 1.807) is 24.3 Å². The topological polar surface area (TPSA) is 85.1 Å². The van der Waals surface area contributed by atoms with Gasteiger partial charge < -0.3 is 5.73 Å². The van der Waals surface area contributed by atoms with Crippen molar-refractivity contribution >= 4 is 33.3 Å². The van der Waals surface area contributed by atoms with Crippen molar-refractivity contribution in [2.45, 2.75) is 4.90 Å². The highest BCUT2D eigenvalue weighted by Gasteiger charge is 2.11. The monoisotopic (exact) mass is 309 g/mol. The average molecular weight is 309 g/mol. The molecule has 0 saturated carbocycles. The number of thioether (sulfide) groups is 1. The molecule has 1 aromatic heterocycles. The molecule has 0 bridgehead atoms. The van der Waals surface area contributed by atoms with E-state index in [0.717, 1.165) is 4.90 Å². The van der Waals surface area contributed by atoms with Gasteiger partial charge in [0.2, 0.25) is 10.0 Å². The molecule has 0 unspecified atom stereocenters. The second-order valence-corrected chi connectivity index (χ2v) is 7.00. The molecular formula is C13H15N3O2S2. The summed E-state index contributed by atoms with van der Waals surface area (Å²) in [7, 11) is -3.39. The number of hydrogen-bond donors (Lipinski definition) is 2. The van der Waals surface area contributed by atoms with E-state index < -0.39 is 10.0 Å². The van der Waals surface area contributed by atoms with Crippen LogP contribution in [-0.4, -0.2) is 24.9 Å². The number of nitrogen functional groups attached to an aromatic ring is 1. The van der Waals surface area contributed by atoms with Crippen LogP contribution in [0.5, 0.6) is 0 Å². The predicted octanol–water partition coefficient (Wildman–Crippen LogP) is 2.20. The Kier molecular flexibility index (Phi) is 4.86. The Labute approximate surface area is 122 Å². The molecule has 3 N–H and O–H groups in total. The largest absolute Gasteiger partial charge is 0.398 e. The van der Waals surface area contributed by atoms with Crippen molar-refractivity contribution in [2.24, 2.45) is 0 Å². The van der Waals surface area contributed by atoms with Crippen molar-refractivity contribution < 1.29 is 8.42 Å². The molecule has 7 heteroatoms. The minimum Gasteiger partial charge on any atom is -0.398 e. The SMILES string of the molecule is Nc1ccccc1SCCS(=O)(=O)Nc1ccccn1. The first-order chi connectivity index (χ1) is 9.57. The Hall–Kier alpha value is -1.73. The van der Waals surface area contributed by atoms with E-state index in [1.807, 2.05) is 18.2 Å². The van der Waals surface area contributed by atoms with Gasteiger partial charge in [-0.1, -0.05) is 18.2 Å². The molecule has 0 spiro atoms. The van der Waals surface area contributed by atoms with Crippen LogP contribution < -0.4 is 10.5 Å². The van der Waals surface area contributed by atoms with Crippen LogP contribution in [0.4, 0.5) is 11.5 Å². The van der Waals surface area contributed by atoms with E-state index in [9.17, 15) is 8.42 Å². The standard InChI is InChI=1S/C13H15N3O2S2/c14-11-5-1-2-6-12(11)19-9-10-20(17,18)16-13-7-3-4-8-15-13/h1-8H,9-10,14H2,(H,15,16). The lowest BCUT2D eigenvalue weighted by Gasteiger charge is -2.07. The number of benzene rings is 1. The van der Waals surface area contributed by atoms with Crippen molar-refractivity contribution in [3.63, 3.8) is 0 Å². The van der Waals surface area contributed by atoms with Crippen LogP contribution in [0.2, 0.25) is 0 Å². The van der Waals surface area contributed by atoms with E-state index in [2.05, 4.69) is 9.71 Å². The minimum absolute atomic E-state index is 0.00255. The quantitative estimate of drug-likeness (QED) is 0.631. The van der Waals surface area contributed by atoms with E-state index in [1.165, 1.54) is 18.0 Å². The van der Waals surface area contributed by atoms with Crippen molar-refractivity contribution in [3.8, 4) is 0 Å². The van der Waals surface area contributed by atoms with Gasteiger partial charge in [0, 0.05) is 22.5 Å². The summed E-state index contributed by atoms with van der Waals surface area (Å²) in [6, 6.07) is 12.5. The molecule has 0 saturated heterocycles. The Balaban J connectivity index is 1.89. The van der Waals surface area contributed by atoms with Gasteiger partial charge in [0.05, 0.1) is 5.75 Å². The zero-order valence-corrected chi connectivity index (χ0v) is 12.3. The van der Waals surface area contributed by atoms with Gasteiger partial charge in [0.25, 0.3) is 0 Å². The third kappa shape index (κ3) is 4.43. The van der Waals surface area contributed by atoms with Gasteiger partial charge in [-0.3, -0.25) is 4.72 Å². The zero-order chi connectivity index (χ0) is 14.4. The number of nitrogens with two attached hydrogens (primary N) is 1. The molecule has 106 valence electrons. The molecule has 2 aromatic rings. The zero-order valence-electron chi connectivity index (χ0n) is 10.7. The molecule has 2 rings (SSSR count). The summed E-state index contributed by atoms with van der Waals surface area (Å²) in [5, 5.41) is 0. The maximum atomic E-state index is 11.9. The number of sulfonamides is 1. The third-order valence-corrected chi connectivity index (χ3v) is 5.06. The van der Waals surface area contributed by atoms with Gasteiger partial charge >= 0.3 is 0 Å². The predicted molar refractivity (Wildman–Crippen MR) is 83.2 cm³/mol. The van der Waals surface area contributed by atoms with Crippen molar-refractivity contribution in [1.82, 2.24) is 4.98 Å². The fourth-order valence-electron chi connectivity index (χ4n) is 1.51. The molecule has 0 aliphatic rings. The van der Waals surface area contributed by atoms with E-state index in [-0.39, 0.29) is 5.75 Å². The van der Waals surface area contributed by atoms with Crippen LogP contribution in [0.15, 0.2) is 53.6 Å². The number of rotatable bonds is 6. The molecule has 20 heavy (non-hydrogen) atoms. The maximum absolute atomic E-state index is 11.9. The van der Waals surface area contributed by atoms with Crippen LogP contribution in [0.25, 0.3) is 0 Å². The van der Waals surface area contributed by atoms with Crippen LogP contribution in [0, 0.1) is 0 Å². The van der Waals surface area contributed by atoms with Gasteiger partial charge in [-0.25, -0.2) is 13.4 Å². The number of para-hydroxylation sites is 1. The number of nitrogens with one attached hydrogen (secondary N) is 1. The molecule has 0 amide bonds. The summed E-state index contributed by atoms with van der Waals surface area (Å²) >= 11 is 1.42. The van der Waals surface area contributed by atoms with Gasteiger partial charge in [-0.15, -0.1) is 11.8 Å². The molecule has 5 nitrogen and oxygen atoms in total. The van der Waals surface area contributed by atoms with Gasteiger partial charge in [-0.05, 0) is 24.3 Å². The van der Waals surface area contributed by atoms with Crippen LogP contribution >= 0.6 is 11.8 Å². The van der Waals surface area contributed by atoms with E-state index in [4.69, 9.17) is 5.73 Å². The molecule has 0 fully saturated rings. The lowest BCUT2D eigenvalue weighted by molar-refractivity contribution is 0.602. The Bertz CT molecular complexity index is 660. The number of nitrogens with zero attached hydrogens (tertiary/aromatic N) is 1. The van der Waals surface area contributed by atoms with Crippen LogP contribution in [0.1, 0.15) is 0 Å². The summed E-state index contributed by atoms with van der Waals surface area (Å²) in [6.07, 6.45) is 1.54. The molecule has 0 radical (unpaired) electrons. The second-order valence-electron chi connectivity index (χ2n) is 4.02. The summed E-state index contributed by atoms with van der Waals surface area (Å²) in [6.45, 7) is 0. The lowest BCUT2D eigenvalue weighted by atomic mass is 10.3. The smallest absolute Gasteiger partial charge is 0.234 e. The van der Waals surface area contributed by atoms with Crippen molar-refractivity contribution in [1.29, 1.82) is 0 Å². The normalized spacial score (nSPS) is 11.2. The van der Waals surface area contributed by atoms with Gasteiger partial charge in [-0.2, -0.15) is 0 Å².